The third-order valence-electron chi connectivity index (χ3n) is 7.49. The number of benzene rings is 4. The van der Waals surface area contributed by atoms with Gasteiger partial charge in [0.25, 0.3) is 0 Å². The van der Waals surface area contributed by atoms with Gasteiger partial charge in [0.2, 0.25) is 0 Å². The molecule has 4 aromatic carbocycles. The molecule has 0 aliphatic carbocycles. The summed E-state index contributed by atoms with van der Waals surface area (Å²) in [6.45, 7) is 10.9. The number of rotatable bonds is 10. The molecule has 0 fully saturated rings. The van der Waals surface area contributed by atoms with E-state index >= 15 is 0 Å². The van der Waals surface area contributed by atoms with Crippen LogP contribution < -0.4 is 21.9 Å². The third-order valence-corrected chi connectivity index (χ3v) is 7.49. The number of quaternary nitrogens is 1. The minimum Gasteiger partial charge on any atom is -0.326 e. The van der Waals surface area contributed by atoms with Crippen molar-refractivity contribution in [3.8, 4) is 0 Å². The Balaban J connectivity index is 0.000000280. The first kappa shape index (κ1) is 27.5. The molecule has 4 rings (SSSR count). The highest BCUT2D eigenvalue weighted by molar-refractivity contribution is 7.19. The van der Waals surface area contributed by atoms with Crippen LogP contribution in [0.5, 0.6) is 0 Å². The van der Waals surface area contributed by atoms with E-state index in [0.29, 0.717) is 0 Å². The lowest BCUT2D eigenvalue weighted by molar-refractivity contribution is -0.909. The van der Waals surface area contributed by atoms with Gasteiger partial charge in [0.1, 0.15) is 6.15 Å². The van der Waals surface area contributed by atoms with Gasteiger partial charge in [-0.2, -0.15) is 21.9 Å². The number of nitrogens with zero attached hydrogens (tertiary/aromatic N) is 1. The fourth-order valence-electron chi connectivity index (χ4n) is 6.08. The van der Waals surface area contributed by atoms with Crippen molar-refractivity contribution in [2.24, 2.45) is 0 Å². The molecule has 0 unspecified atom stereocenters. The second-order valence-electron chi connectivity index (χ2n) is 10.3. The van der Waals surface area contributed by atoms with Gasteiger partial charge in [0.15, 0.2) is 0 Å². The minimum absolute atomic E-state index is 1.22. The van der Waals surface area contributed by atoms with Gasteiger partial charge in [-0.1, -0.05) is 142 Å². The van der Waals surface area contributed by atoms with E-state index in [1.54, 1.807) is 0 Å². The first-order valence-electron chi connectivity index (χ1n) is 13.8. The SMILES string of the molecule is CCC[N+](C)(CCC)CCC.c1ccc([B-](c2ccccc2)(c2ccccc2)c2ccccc2)cc1. The number of hydrogen-bond donors (Lipinski definition) is 0. The van der Waals surface area contributed by atoms with Crippen molar-refractivity contribution in [1.29, 1.82) is 0 Å². The molecule has 0 saturated heterocycles. The molecule has 0 atom stereocenters. The van der Waals surface area contributed by atoms with E-state index in [1.165, 1.54) is 65.2 Å². The fraction of sp³-hybridized carbons (Fsp3) is 0.294. The lowest BCUT2D eigenvalue weighted by atomic mass is 9.13. The maximum Gasteiger partial charge on any atom is 0.108 e. The Morgan fingerprint density at radius 2 is 0.639 bits per heavy atom. The van der Waals surface area contributed by atoms with Gasteiger partial charge in [-0.3, -0.25) is 0 Å². The van der Waals surface area contributed by atoms with Crippen molar-refractivity contribution >= 4 is 28.0 Å². The second kappa shape index (κ2) is 13.9. The summed E-state index contributed by atoms with van der Waals surface area (Å²) >= 11 is 0. The van der Waals surface area contributed by atoms with Crippen LogP contribution in [-0.2, 0) is 0 Å². The molecule has 0 N–H and O–H groups in total. The third kappa shape index (κ3) is 6.56. The van der Waals surface area contributed by atoms with Crippen LogP contribution in [0.2, 0.25) is 0 Å². The van der Waals surface area contributed by atoms with E-state index < -0.39 is 6.15 Å². The molecular formula is C34H44BN. The van der Waals surface area contributed by atoms with Crippen molar-refractivity contribution in [1.82, 2.24) is 0 Å². The zero-order valence-electron chi connectivity index (χ0n) is 22.8. The van der Waals surface area contributed by atoms with Gasteiger partial charge in [0, 0.05) is 0 Å². The van der Waals surface area contributed by atoms with Gasteiger partial charge in [-0.15, -0.1) is 0 Å². The summed E-state index contributed by atoms with van der Waals surface area (Å²) in [4.78, 5) is 0. The molecule has 36 heavy (non-hydrogen) atoms. The molecule has 0 heterocycles. The fourth-order valence-corrected chi connectivity index (χ4v) is 6.08. The molecule has 0 saturated carbocycles. The molecule has 0 bridgehead atoms. The highest BCUT2D eigenvalue weighted by atomic mass is 15.3. The summed E-state index contributed by atoms with van der Waals surface area (Å²) in [5.74, 6) is 0. The molecular weight excluding hydrogens is 433 g/mol. The highest BCUT2D eigenvalue weighted by Crippen LogP contribution is 2.09. The van der Waals surface area contributed by atoms with Crippen molar-refractivity contribution in [3.05, 3.63) is 121 Å². The zero-order valence-corrected chi connectivity index (χ0v) is 22.8. The van der Waals surface area contributed by atoms with Gasteiger partial charge >= 0.3 is 0 Å². The summed E-state index contributed by atoms with van der Waals surface area (Å²) < 4.78 is 1.28. The van der Waals surface area contributed by atoms with E-state index in [9.17, 15) is 0 Å². The average molecular weight is 478 g/mol. The van der Waals surface area contributed by atoms with Crippen LogP contribution in [0.4, 0.5) is 0 Å². The minimum atomic E-state index is -1.22. The van der Waals surface area contributed by atoms with Crippen LogP contribution in [0.1, 0.15) is 40.0 Å². The lowest BCUT2D eigenvalue weighted by Gasteiger charge is -2.44. The molecule has 0 amide bonds. The summed E-state index contributed by atoms with van der Waals surface area (Å²) in [6, 6.07) is 43.5. The smallest absolute Gasteiger partial charge is 0.108 e. The van der Waals surface area contributed by atoms with E-state index in [-0.39, 0.29) is 0 Å². The molecule has 2 heteroatoms. The zero-order chi connectivity index (χ0) is 25.7. The Labute approximate surface area is 220 Å². The lowest BCUT2D eigenvalue weighted by Crippen LogP contribution is -2.74. The van der Waals surface area contributed by atoms with Crippen molar-refractivity contribution in [2.45, 2.75) is 40.0 Å². The summed E-state index contributed by atoms with van der Waals surface area (Å²) in [5.41, 5.74) is 5.36. The van der Waals surface area contributed by atoms with Gasteiger partial charge < -0.3 is 4.48 Å². The van der Waals surface area contributed by atoms with Crippen molar-refractivity contribution < 1.29 is 4.48 Å². The molecule has 4 aromatic rings. The average Bonchev–Trinajstić information content (AvgIpc) is 2.92. The van der Waals surface area contributed by atoms with Crippen molar-refractivity contribution in [2.75, 3.05) is 26.7 Å². The van der Waals surface area contributed by atoms with Crippen LogP contribution in [0.25, 0.3) is 0 Å². The van der Waals surface area contributed by atoms with Crippen LogP contribution in [0, 0.1) is 0 Å². The second-order valence-corrected chi connectivity index (χ2v) is 10.3. The first-order valence-corrected chi connectivity index (χ1v) is 13.8. The quantitative estimate of drug-likeness (QED) is 0.202. The van der Waals surface area contributed by atoms with E-state index in [2.05, 4.69) is 149 Å². The predicted octanol–water partition coefficient (Wildman–Crippen LogP) is 5.73. The topological polar surface area (TPSA) is 0 Å². The molecule has 0 aromatic heterocycles. The van der Waals surface area contributed by atoms with Gasteiger partial charge in [-0.25, -0.2) is 0 Å². The van der Waals surface area contributed by atoms with Gasteiger partial charge in [-0.05, 0) is 19.3 Å². The van der Waals surface area contributed by atoms with Crippen LogP contribution in [0.15, 0.2) is 121 Å². The van der Waals surface area contributed by atoms with E-state index in [1.807, 2.05) is 0 Å². The predicted molar refractivity (Wildman–Crippen MR) is 162 cm³/mol. The molecule has 188 valence electrons. The Morgan fingerprint density at radius 1 is 0.417 bits per heavy atom. The maximum atomic E-state index is 2.39. The van der Waals surface area contributed by atoms with Crippen LogP contribution in [0.3, 0.4) is 0 Å². The molecule has 0 spiro atoms. The maximum absolute atomic E-state index is 2.39. The van der Waals surface area contributed by atoms with Gasteiger partial charge in [0.05, 0.1) is 26.7 Å². The molecule has 1 nitrogen and oxygen atoms in total. The molecule has 0 radical (unpaired) electrons. The first-order chi connectivity index (χ1) is 17.6. The Morgan fingerprint density at radius 3 is 0.833 bits per heavy atom. The highest BCUT2D eigenvalue weighted by Gasteiger charge is 2.31. The number of hydrogen-bond acceptors (Lipinski definition) is 0. The van der Waals surface area contributed by atoms with E-state index in [4.69, 9.17) is 0 Å². The Kier molecular flexibility index (Phi) is 10.6. The van der Waals surface area contributed by atoms with Crippen molar-refractivity contribution in [3.63, 3.8) is 0 Å². The summed E-state index contributed by atoms with van der Waals surface area (Å²) in [6.07, 6.45) is 2.73. The normalized spacial score (nSPS) is 11.4. The molecule has 0 aliphatic heterocycles. The van der Waals surface area contributed by atoms with Crippen LogP contribution in [-0.4, -0.2) is 37.3 Å². The molecule has 0 aliphatic rings. The standard InChI is InChI=1S/C24H20B.C10H24N/c1-5-13-21(14-6-1)25(22-15-7-2-8-16-22,23-17-9-3-10-18-23)24-19-11-4-12-20-24;1-5-8-11(4,9-6-2)10-7-3/h1-20H;5-10H2,1-4H3/q-1;+1. The summed E-state index contributed by atoms with van der Waals surface area (Å²) in [7, 11) is 2.39. The Bertz CT molecular complexity index is 930. The Hall–Kier alpha value is -3.10. The largest absolute Gasteiger partial charge is 0.326 e. The van der Waals surface area contributed by atoms with E-state index in [0.717, 1.165) is 0 Å². The monoisotopic (exact) mass is 477 g/mol. The summed E-state index contributed by atoms with van der Waals surface area (Å²) in [5, 5.41) is 0. The van der Waals surface area contributed by atoms with Crippen LogP contribution >= 0.6 is 0 Å².